The third kappa shape index (κ3) is 4.25. The second kappa shape index (κ2) is 9.28. The van der Waals surface area contributed by atoms with Crippen LogP contribution in [-0.2, 0) is 16.0 Å². The van der Waals surface area contributed by atoms with Gasteiger partial charge >= 0.3 is 0 Å². The molecule has 0 aliphatic carbocycles. The zero-order chi connectivity index (χ0) is 22.7. The maximum Gasteiger partial charge on any atom is 0.295 e. The predicted octanol–water partition coefficient (Wildman–Crippen LogP) is 5.01. The molecule has 32 heavy (non-hydrogen) atoms. The maximum absolute atomic E-state index is 13.1. The number of aliphatic hydroxyl groups excluding tert-OH is 1. The molecule has 3 aromatic rings. The normalized spacial score (nSPS) is 17.6. The molecule has 0 bridgehead atoms. The molecule has 1 amide bonds. The Balaban J connectivity index is 1.77. The van der Waals surface area contributed by atoms with E-state index in [1.54, 1.807) is 55.6 Å². The van der Waals surface area contributed by atoms with Gasteiger partial charge in [-0.05, 0) is 53.9 Å². The van der Waals surface area contributed by atoms with Crippen LogP contribution in [-0.4, -0.2) is 35.4 Å². The van der Waals surface area contributed by atoms with Crippen molar-refractivity contribution in [1.29, 1.82) is 0 Å². The van der Waals surface area contributed by atoms with E-state index < -0.39 is 17.7 Å². The van der Waals surface area contributed by atoms with E-state index in [0.717, 1.165) is 5.56 Å². The van der Waals surface area contributed by atoms with Gasteiger partial charge in [0.1, 0.15) is 11.5 Å². The molecule has 1 unspecified atom stereocenters. The molecule has 1 aliphatic heterocycles. The third-order valence-corrected chi connectivity index (χ3v) is 5.83. The van der Waals surface area contributed by atoms with Gasteiger partial charge in [-0.1, -0.05) is 54.1 Å². The minimum atomic E-state index is -0.710. The molecule has 3 aromatic carbocycles. The maximum atomic E-state index is 13.1. The highest BCUT2D eigenvalue weighted by Gasteiger charge is 2.45. The summed E-state index contributed by atoms with van der Waals surface area (Å²) in [5.74, 6) is -0.922. The number of aliphatic hydroxyl groups is 1. The molecule has 4 rings (SSSR count). The third-order valence-electron chi connectivity index (χ3n) is 5.57. The molecular weight excluding hydrogens is 426 g/mol. The molecule has 162 valence electrons. The topological polar surface area (TPSA) is 66.8 Å². The lowest BCUT2D eigenvalue weighted by atomic mass is 9.95. The van der Waals surface area contributed by atoms with E-state index in [-0.39, 0.29) is 11.3 Å². The molecule has 0 spiro atoms. The smallest absolute Gasteiger partial charge is 0.295 e. The van der Waals surface area contributed by atoms with Gasteiger partial charge in [0.15, 0.2) is 0 Å². The SMILES string of the molecule is COc1ccc(C(O)=C2C(=O)C(=O)N(CCc3ccccc3)C2c2ccc(Cl)cc2)cc1. The molecule has 1 aliphatic rings. The molecule has 0 aromatic heterocycles. The molecule has 0 saturated carbocycles. The number of ketones is 1. The highest BCUT2D eigenvalue weighted by Crippen LogP contribution is 2.39. The first-order valence-electron chi connectivity index (χ1n) is 10.2. The standard InChI is InChI=1S/C26H22ClNO4/c1-32-21-13-9-19(10-14-21)24(29)22-23(18-7-11-20(27)12-8-18)28(26(31)25(22)30)16-15-17-5-3-2-4-6-17/h2-14,23,29H,15-16H2,1H3. The number of carbonyl (C=O) groups is 2. The Morgan fingerprint density at radius 2 is 1.62 bits per heavy atom. The zero-order valence-electron chi connectivity index (χ0n) is 17.5. The molecule has 1 heterocycles. The Hall–Kier alpha value is -3.57. The highest BCUT2D eigenvalue weighted by atomic mass is 35.5. The largest absolute Gasteiger partial charge is 0.507 e. The summed E-state index contributed by atoms with van der Waals surface area (Å²) in [5.41, 5.74) is 2.26. The van der Waals surface area contributed by atoms with Crippen LogP contribution in [0.4, 0.5) is 0 Å². The number of hydrogen-bond donors (Lipinski definition) is 1. The lowest BCUT2D eigenvalue weighted by Crippen LogP contribution is -2.31. The lowest BCUT2D eigenvalue weighted by molar-refractivity contribution is -0.139. The summed E-state index contributed by atoms with van der Waals surface area (Å²) < 4.78 is 5.17. The second-order valence-electron chi connectivity index (χ2n) is 7.51. The molecule has 1 N–H and O–H groups in total. The van der Waals surface area contributed by atoms with E-state index in [4.69, 9.17) is 16.3 Å². The van der Waals surface area contributed by atoms with Crippen molar-refractivity contribution in [2.75, 3.05) is 13.7 Å². The van der Waals surface area contributed by atoms with Crippen LogP contribution in [0.2, 0.25) is 5.02 Å². The van der Waals surface area contributed by atoms with Crippen molar-refractivity contribution in [2.24, 2.45) is 0 Å². The number of benzene rings is 3. The number of halogens is 1. The Labute approximate surface area is 191 Å². The van der Waals surface area contributed by atoms with Crippen molar-refractivity contribution < 1.29 is 19.4 Å². The molecule has 1 fully saturated rings. The van der Waals surface area contributed by atoms with Crippen LogP contribution in [0.5, 0.6) is 5.75 Å². The van der Waals surface area contributed by atoms with E-state index in [1.807, 2.05) is 30.3 Å². The number of methoxy groups -OCH3 is 1. The predicted molar refractivity (Wildman–Crippen MR) is 124 cm³/mol. The van der Waals surface area contributed by atoms with Gasteiger partial charge in [-0.15, -0.1) is 0 Å². The summed E-state index contributed by atoms with van der Waals surface area (Å²) in [5, 5.41) is 11.6. The highest BCUT2D eigenvalue weighted by molar-refractivity contribution is 6.46. The van der Waals surface area contributed by atoms with Gasteiger partial charge in [-0.3, -0.25) is 9.59 Å². The average molecular weight is 448 g/mol. The van der Waals surface area contributed by atoms with Crippen molar-refractivity contribution in [1.82, 2.24) is 4.90 Å². The second-order valence-corrected chi connectivity index (χ2v) is 7.94. The van der Waals surface area contributed by atoms with Gasteiger partial charge in [0, 0.05) is 17.1 Å². The Morgan fingerprint density at radius 1 is 0.969 bits per heavy atom. The number of rotatable bonds is 6. The number of carbonyl (C=O) groups excluding carboxylic acids is 2. The molecule has 5 nitrogen and oxygen atoms in total. The van der Waals surface area contributed by atoms with Gasteiger partial charge < -0.3 is 14.7 Å². The van der Waals surface area contributed by atoms with Crippen LogP contribution in [0.25, 0.3) is 5.76 Å². The first-order chi connectivity index (χ1) is 15.5. The number of nitrogens with zero attached hydrogens (tertiary/aromatic N) is 1. The van der Waals surface area contributed by atoms with E-state index in [9.17, 15) is 14.7 Å². The number of Topliss-reactive ketones (excluding diaryl/α,β-unsaturated/α-hetero) is 1. The number of amides is 1. The van der Waals surface area contributed by atoms with Crippen molar-refractivity contribution in [3.8, 4) is 5.75 Å². The molecule has 6 heteroatoms. The van der Waals surface area contributed by atoms with Crippen LogP contribution >= 0.6 is 11.6 Å². The van der Waals surface area contributed by atoms with E-state index in [2.05, 4.69) is 0 Å². The van der Waals surface area contributed by atoms with Gasteiger partial charge in [0.2, 0.25) is 0 Å². The van der Waals surface area contributed by atoms with Crippen LogP contribution in [0.15, 0.2) is 84.4 Å². The van der Waals surface area contributed by atoms with E-state index in [1.165, 1.54) is 4.90 Å². The molecular formula is C26H22ClNO4. The fourth-order valence-corrected chi connectivity index (χ4v) is 4.03. The zero-order valence-corrected chi connectivity index (χ0v) is 18.3. The first kappa shape index (κ1) is 21.7. The minimum absolute atomic E-state index is 0.0653. The molecule has 1 atom stereocenters. The number of likely N-dealkylation sites (tertiary alicyclic amines) is 1. The summed E-state index contributed by atoms with van der Waals surface area (Å²) in [6.45, 7) is 0.335. The number of ether oxygens (including phenoxy) is 1. The van der Waals surface area contributed by atoms with E-state index >= 15 is 0 Å². The van der Waals surface area contributed by atoms with Gasteiger partial charge in [-0.2, -0.15) is 0 Å². The lowest BCUT2D eigenvalue weighted by Gasteiger charge is -2.25. The fourth-order valence-electron chi connectivity index (χ4n) is 3.90. The van der Waals surface area contributed by atoms with Crippen molar-refractivity contribution in [2.45, 2.75) is 12.5 Å². The summed E-state index contributed by atoms with van der Waals surface area (Å²) in [6.07, 6.45) is 0.584. The first-order valence-corrected chi connectivity index (χ1v) is 10.6. The van der Waals surface area contributed by atoms with E-state index in [0.29, 0.717) is 34.9 Å². The monoisotopic (exact) mass is 447 g/mol. The summed E-state index contributed by atoms with van der Waals surface area (Å²) in [7, 11) is 1.55. The van der Waals surface area contributed by atoms with Crippen molar-refractivity contribution in [3.63, 3.8) is 0 Å². The van der Waals surface area contributed by atoms with Gasteiger partial charge in [0.25, 0.3) is 11.7 Å². The quantitative estimate of drug-likeness (QED) is 0.327. The summed E-state index contributed by atoms with van der Waals surface area (Å²) >= 11 is 6.06. The van der Waals surface area contributed by atoms with Gasteiger partial charge in [0.05, 0.1) is 18.7 Å². The Kier molecular flexibility index (Phi) is 6.28. The average Bonchev–Trinajstić information content (AvgIpc) is 3.08. The molecule has 1 saturated heterocycles. The molecule has 0 radical (unpaired) electrons. The van der Waals surface area contributed by atoms with Crippen LogP contribution in [0.1, 0.15) is 22.7 Å². The Bertz CT molecular complexity index is 1150. The van der Waals surface area contributed by atoms with Gasteiger partial charge in [-0.25, -0.2) is 0 Å². The van der Waals surface area contributed by atoms with Crippen molar-refractivity contribution >= 4 is 29.1 Å². The van der Waals surface area contributed by atoms with Crippen LogP contribution in [0.3, 0.4) is 0 Å². The van der Waals surface area contributed by atoms with Crippen LogP contribution in [0, 0.1) is 0 Å². The minimum Gasteiger partial charge on any atom is -0.507 e. The van der Waals surface area contributed by atoms with Crippen LogP contribution < -0.4 is 4.74 Å². The number of hydrogen-bond acceptors (Lipinski definition) is 4. The summed E-state index contributed by atoms with van der Waals surface area (Å²) in [4.78, 5) is 27.6. The fraction of sp³-hybridized carbons (Fsp3) is 0.154. The Morgan fingerprint density at radius 3 is 2.25 bits per heavy atom. The van der Waals surface area contributed by atoms with Crippen molar-refractivity contribution in [3.05, 3.63) is 106 Å². The summed E-state index contributed by atoms with van der Waals surface area (Å²) in [6, 6.07) is 22.7.